The second kappa shape index (κ2) is 8.57. The van der Waals surface area contributed by atoms with Crippen LogP contribution in [0.5, 0.6) is 0 Å². The zero-order valence-electron chi connectivity index (χ0n) is 11.2. The molecule has 0 saturated carbocycles. The number of aliphatic hydroxyl groups is 1. The monoisotopic (exact) mass is 229 g/mol. The standard InChI is InChI=1S/C13H27NO2/c1-5-8-14(13(16)7-3)10-11(4)9-12(15)6-2/h11-12,15H,5-10H2,1-4H3. The number of hydrogen-bond acceptors (Lipinski definition) is 2. The molecule has 0 fully saturated rings. The fraction of sp³-hybridized carbons (Fsp3) is 0.923. The van der Waals surface area contributed by atoms with E-state index in [1.807, 2.05) is 18.7 Å². The molecular formula is C13H27NO2. The van der Waals surface area contributed by atoms with Gasteiger partial charge in [0.1, 0.15) is 0 Å². The van der Waals surface area contributed by atoms with Gasteiger partial charge in [-0.1, -0.05) is 27.7 Å². The molecule has 1 N–H and O–H groups in total. The maximum Gasteiger partial charge on any atom is 0.222 e. The Morgan fingerprint density at radius 1 is 1.31 bits per heavy atom. The second-order valence-corrected chi connectivity index (χ2v) is 4.60. The van der Waals surface area contributed by atoms with E-state index in [1.165, 1.54) is 0 Å². The lowest BCUT2D eigenvalue weighted by Crippen LogP contribution is -2.35. The van der Waals surface area contributed by atoms with Gasteiger partial charge in [0.15, 0.2) is 0 Å². The minimum absolute atomic E-state index is 0.222. The van der Waals surface area contributed by atoms with Crippen LogP contribution in [0, 0.1) is 5.92 Å². The Hall–Kier alpha value is -0.570. The molecule has 0 rings (SSSR count). The van der Waals surface area contributed by atoms with Crippen molar-refractivity contribution < 1.29 is 9.90 Å². The summed E-state index contributed by atoms with van der Waals surface area (Å²) in [7, 11) is 0. The highest BCUT2D eigenvalue weighted by molar-refractivity contribution is 5.75. The average molecular weight is 229 g/mol. The number of aliphatic hydroxyl groups excluding tert-OH is 1. The normalized spacial score (nSPS) is 14.6. The van der Waals surface area contributed by atoms with Crippen molar-refractivity contribution in [1.82, 2.24) is 4.90 Å². The van der Waals surface area contributed by atoms with Crippen LogP contribution in [-0.4, -0.2) is 35.1 Å². The number of carbonyl (C=O) groups excluding carboxylic acids is 1. The summed E-state index contributed by atoms with van der Waals surface area (Å²) in [5.74, 6) is 0.594. The first kappa shape index (κ1) is 15.4. The first-order valence-electron chi connectivity index (χ1n) is 6.50. The molecule has 3 nitrogen and oxygen atoms in total. The maximum atomic E-state index is 11.7. The van der Waals surface area contributed by atoms with Gasteiger partial charge >= 0.3 is 0 Å². The van der Waals surface area contributed by atoms with Crippen LogP contribution in [0.25, 0.3) is 0 Å². The van der Waals surface area contributed by atoms with Crippen molar-refractivity contribution in [3.05, 3.63) is 0 Å². The molecule has 0 aromatic carbocycles. The van der Waals surface area contributed by atoms with E-state index in [4.69, 9.17) is 0 Å². The average Bonchev–Trinajstić information content (AvgIpc) is 2.27. The van der Waals surface area contributed by atoms with Crippen molar-refractivity contribution in [3.63, 3.8) is 0 Å². The van der Waals surface area contributed by atoms with Gasteiger partial charge < -0.3 is 10.0 Å². The van der Waals surface area contributed by atoms with Crippen LogP contribution < -0.4 is 0 Å². The third kappa shape index (κ3) is 6.11. The molecule has 0 aliphatic heterocycles. The molecule has 0 aromatic rings. The summed E-state index contributed by atoms with van der Waals surface area (Å²) in [5.41, 5.74) is 0. The van der Waals surface area contributed by atoms with Crippen LogP contribution in [0.15, 0.2) is 0 Å². The SMILES string of the molecule is CCCN(CC(C)CC(O)CC)C(=O)CC. The molecular weight excluding hydrogens is 202 g/mol. The van der Waals surface area contributed by atoms with E-state index in [9.17, 15) is 9.90 Å². The molecule has 0 saturated heterocycles. The van der Waals surface area contributed by atoms with Crippen LogP contribution in [0.2, 0.25) is 0 Å². The number of hydrogen-bond donors (Lipinski definition) is 1. The number of rotatable bonds is 8. The molecule has 0 radical (unpaired) electrons. The zero-order chi connectivity index (χ0) is 12.6. The van der Waals surface area contributed by atoms with Gasteiger partial charge in [-0.25, -0.2) is 0 Å². The molecule has 0 aliphatic rings. The third-order valence-corrected chi connectivity index (χ3v) is 2.83. The fourth-order valence-corrected chi connectivity index (χ4v) is 1.89. The van der Waals surface area contributed by atoms with Crippen molar-refractivity contribution in [1.29, 1.82) is 0 Å². The van der Waals surface area contributed by atoms with Gasteiger partial charge in [-0.2, -0.15) is 0 Å². The summed E-state index contributed by atoms with van der Waals surface area (Å²) in [6.07, 6.45) is 2.92. The Morgan fingerprint density at radius 2 is 1.94 bits per heavy atom. The van der Waals surface area contributed by atoms with Gasteiger partial charge in [0.05, 0.1) is 6.10 Å². The smallest absolute Gasteiger partial charge is 0.222 e. The van der Waals surface area contributed by atoms with Crippen LogP contribution in [0.1, 0.15) is 53.4 Å². The van der Waals surface area contributed by atoms with Crippen LogP contribution in [0.3, 0.4) is 0 Å². The Kier molecular flexibility index (Phi) is 8.26. The first-order chi connectivity index (χ1) is 7.54. The van der Waals surface area contributed by atoms with Crippen LogP contribution in [-0.2, 0) is 4.79 Å². The van der Waals surface area contributed by atoms with Crippen molar-refractivity contribution in [2.24, 2.45) is 5.92 Å². The molecule has 3 heteroatoms. The molecule has 0 aliphatic carbocycles. The molecule has 0 spiro atoms. The molecule has 16 heavy (non-hydrogen) atoms. The lowest BCUT2D eigenvalue weighted by molar-refractivity contribution is -0.131. The van der Waals surface area contributed by atoms with E-state index in [0.717, 1.165) is 32.4 Å². The molecule has 0 bridgehead atoms. The van der Waals surface area contributed by atoms with Gasteiger partial charge in [0, 0.05) is 19.5 Å². The van der Waals surface area contributed by atoms with Crippen LogP contribution in [0.4, 0.5) is 0 Å². The Morgan fingerprint density at radius 3 is 2.38 bits per heavy atom. The van der Waals surface area contributed by atoms with Crippen molar-refractivity contribution in [3.8, 4) is 0 Å². The Bertz CT molecular complexity index is 194. The lowest BCUT2D eigenvalue weighted by atomic mass is 10.0. The molecule has 96 valence electrons. The summed E-state index contributed by atoms with van der Waals surface area (Å²) in [5, 5.41) is 9.56. The minimum atomic E-state index is -0.227. The Balaban J connectivity index is 4.11. The van der Waals surface area contributed by atoms with E-state index in [1.54, 1.807) is 0 Å². The van der Waals surface area contributed by atoms with Crippen LogP contribution >= 0.6 is 0 Å². The van der Waals surface area contributed by atoms with Crippen molar-refractivity contribution in [2.45, 2.75) is 59.5 Å². The topological polar surface area (TPSA) is 40.5 Å². The number of amides is 1. The lowest BCUT2D eigenvalue weighted by Gasteiger charge is -2.26. The van der Waals surface area contributed by atoms with Gasteiger partial charge in [-0.05, 0) is 25.2 Å². The van der Waals surface area contributed by atoms with Gasteiger partial charge in [0.25, 0.3) is 0 Å². The second-order valence-electron chi connectivity index (χ2n) is 4.60. The number of nitrogens with zero attached hydrogens (tertiary/aromatic N) is 1. The molecule has 2 atom stereocenters. The van der Waals surface area contributed by atoms with E-state index >= 15 is 0 Å². The highest BCUT2D eigenvalue weighted by Crippen LogP contribution is 2.11. The largest absolute Gasteiger partial charge is 0.393 e. The minimum Gasteiger partial charge on any atom is -0.393 e. The number of carbonyl (C=O) groups is 1. The predicted octanol–water partition coefficient (Wildman–Crippen LogP) is 2.43. The molecule has 2 unspecified atom stereocenters. The van der Waals surface area contributed by atoms with Crippen molar-refractivity contribution >= 4 is 5.91 Å². The quantitative estimate of drug-likeness (QED) is 0.694. The summed E-state index contributed by atoms with van der Waals surface area (Å²) in [6, 6.07) is 0. The van der Waals surface area contributed by atoms with E-state index in [2.05, 4.69) is 13.8 Å². The summed E-state index contributed by atoms with van der Waals surface area (Å²) in [6.45, 7) is 9.68. The zero-order valence-corrected chi connectivity index (χ0v) is 11.2. The Labute approximate surface area is 99.8 Å². The van der Waals surface area contributed by atoms with Gasteiger partial charge in [-0.15, -0.1) is 0 Å². The van der Waals surface area contributed by atoms with Gasteiger partial charge in [0.2, 0.25) is 5.91 Å². The van der Waals surface area contributed by atoms with Crippen molar-refractivity contribution in [2.75, 3.05) is 13.1 Å². The molecule has 0 aromatic heterocycles. The fourth-order valence-electron chi connectivity index (χ4n) is 1.89. The predicted molar refractivity (Wildman–Crippen MR) is 67.2 cm³/mol. The highest BCUT2D eigenvalue weighted by Gasteiger charge is 2.16. The van der Waals surface area contributed by atoms with E-state index in [-0.39, 0.29) is 12.0 Å². The first-order valence-corrected chi connectivity index (χ1v) is 6.50. The summed E-state index contributed by atoms with van der Waals surface area (Å²) >= 11 is 0. The highest BCUT2D eigenvalue weighted by atomic mass is 16.3. The summed E-state index contributed by atoms with van der Waals surface area (Å²) < 4.78 is 0. The van der Waals surface area contributed by atoms with E-state index < -0.39 is 0 Å². The summed E-state index contributed by atoms with van der Waals surface area (Å²) in [4.78, 5) is 13.6. The third-order valence-electron chi connectivity index (χ3n) is 2.83. The maximum absolute atomic E-state index is 11.7. The van der Waals surface area contributed by atoms with E-state index in [0.29, 0.717) is 12.3 Å². The molecule has 0 heterocycles. The molecule has 1 amide bonds. The van der Waals surface area contributed by atoms with Gasteiger partial charge in [-0.3, -0.25) is 4.79 Å².